The Labute approximate surface area is 93.8 Å². The third kappa shape index (κ3) is 2.57. The molecule has 2 unspecified atom stereocenters. The molecular formula is C10H16N4O2. The molecule has 2 rings (SSSR count). The summed E-state index contributed by atoms with van der Waals surface area (Å²) in [6, 6.07) is 0. The number of nitrogens with zero attached hydrogens (tertiary/aromatic N) is 2. The molecule has 1 aliphatic rings. The molecule has 1 aromatic heterocycles. The minimum Gasteiger partial charge on any atom is -0.355 e. The molecule has 0 spiro atoms. The van der Waals surface area contributed by atoms with Gasteiger partial charge in [0.1, 0.15) is 0 Å². The van der Waals surface area contributed by atoms with E-state index in [-0.39, 0.29) is 11.8 Å². The molecule has 6 heteroatoms. The molecule has 6 nitrogen and oxygen atoms in total. The first-order valence-electron chi connectivity index (χ1n) is 5.51. The van der Waals surface area contributed by atoms with E-state index in [9.17, 15) is 4.79 Å². The van der Waals surface area contributed by atoms with Gasteiger partial charge in [0.25, 0.3) is 0 Å². The van der Waals surface area contributed by atoms with Crippen molar-refractivity contribution in [1.82, 2.24) is 20.8 Å². The Kier molecular flexibility index (Phi) is 3.51. The summed E-state index contributed by atoms with van der Waals surface area (Å²) in [7, 11) is 0. The van der Waals surface area contributed by atoms with Crippen molar-refractivity contribution in [3.05, 3.63) is 12.2 Å². The van der Waals surface area contributed by atoms with Gasteiger partial charge < -0.3 is 15.2 Å². The van der Waals surface area contributed by atoms with Crippen molar-refractivity contribution in [2.45, 2.75) is 13.3 Å². The van der Waals surface area contributed by atoms with E-state index in [0.717, 1.165) is 13.1 Å². The highest BCUT2D eigenvalue weighted by Crippen LogP contribution is 2.15. The zero-order valence-corrected chi connectivity index (χ0v) is 9.27. The molecular weight excluding hydrogens is 208 g/mol. The van der Waals surface area contributed by atoms with Crippen molar-refractivity contribution in [3.8, 4) is 0 Å². The number of carbonyl (C=O) groups excluding carboxylic acids is 1. The molecule has 0 radical (unpaired) electrons. The second kappa shape index (κ2) is 5.07. The molecule has 16 heavy (non-hydrogen) atoms. The number of hydrogen-bond acceptors (Lipinski definition) is 5. The fourth-order valence-corrected chi connectivity index (χ4v) is 1.89. The van der Waals surface area contributed by atoms with Crippen LogP contribution >= 0.6 is 0 Å². The van der Waals surface area contributed by atoms with Crippen LogP contribution in [-0.4, -0.2) is 35.7 Å². The van der Waals surface area contributed by atoms with Gasteiger partial charge in [-0.25, -0.2) is 0 Å². The van der Waals surface area contributed by atoms with Crippen LogP contribution < -0.4 is 10.6 Å². The van der Waals surface area contributed by atoms with E-state index in [2.05, 4.69) is 27.7 Å². The van der Waals surface area contributed by atoms with Gasteiger partial charge >= 0.3 is 0 Å². The van der Waals surface area contributed by atoms with Crippen molar-refractivity contribution >= 4 is 5.91 Å². The molecule has 1 fully saturated rings. The van der Waals surface area contributed by atoms with Crippen molar-refractivity contribution in [2.24, 2.45) is 11.8 Å². The SMILES string of the molecule is CC1CNCC1C(=O)NCCc1ncno1. The first-order valence-corrected chi connectivity index (χ1v) is 5.51. The summed E-state index contributed by atoms with van der Waals surface area (Å²) in [4.78, 5) is 15.7. The van der Waals surface area contributed by atoms with Gasteiger partial charge in [-0.2, -0.15) is 4.98 Å². The lowest BCUT2D eigenvalue weighted by atomic mass is 9.97. The van der Waals surface area contributed by atoms with Crippen LogP contribution in [0.15, 0.2) is 10.9 Å². The molecule has 2 heterocycles. The van der Waals surface area contributed by atoms with E-state index in [0.29, 0.717) is 24.8 Å². The fourth-order valence-electron chi connectivity index (χ4n) is 1.89. The highest BCUT2D eigenvalue weighted by molar-refractivity contribution is 5.79. The molecule has 1 saturated heterocycles. The van der Waals surface area contributed by atoms with Gasteiger partial charge in [0.05, 0.1) is 5.92 Å². The van der Waals surface area contributed by atoms with Crippen molar-refractivity contribution in [2.75, 3.05) is 19.6 Å². The molecule has 0 aromatic carbocycles. The van der Waals surface area contributed by atoms with E-state index < -0.39 is 0 Å². The largest absolute Gasteiger partial charge is 0.355 e. The third-order valence-electron chi connectivity index (χ3n) is 2.90. The summed E-state index contributed by atoms with van der Waals surface area (Å²) in [5, 5.41) is 9.59. The first-order chi connectivity index (χ1) is 7.77. The highest BCUT2D eigenvalue weighted by Gasteiger charge is 2.29. The topological polar surface area (TPSA) is 80.0 Å². The summed E-state index contributed by atoms with van der Waals surface area (Å²) in [5.74, 6) is 1.15. The van der Waals surface area contributed by atoms with Crippen LogP contribution in [0.1, 0.15) is 12.8 Å². The summed E-state index contributed by atoms with van der Waals surface area (Å²) >= 11 is 0. The second-order valence-corrected chi connectivity index (χ2v) is 4.12. The molecule has 1 aromatic rings. The van der Waals surface area contributed by atoms with Crippen LogP contribution in [0.4, 0.5) is 0 Å². The Morgan fingerprint density at radius 3 is 3.19 bits per heavy atom. The van der Waals surface area contributed by atoms with Crippen LogP contribution in [-0.2, 0) is 11.2 Å². The number of amides is 1. The van der Waals surface area contributed by atoms with E-state index in [4.69, 9.17) is 4.52 Å². The maximum atomic E-state index is 11.8. The van der Waals surface area contributed by atoms with E-state index >= 15 is 0 Å². The van der Waals surface area contributed by atoms with Crippen LogP contribution in [0.2, 0.25) is 0 Å². The van der Waals surface area contributed by atoms with Gasteiger partial charge in [0.2, 0.25) is 11.8 Å². The van der Waals surface area contributed by atoms with Crippen LogP contribution in [0.25, 0.3) is 0 Å². The van der Waals surface area contributed by atoms with Gasteiger partial charge in [-0.15, -0.1) is 0 Å². The predicted octanol–water partition coefficient (Wildman–Crippen LogP) is -0.416. The van der Waals surface area contributed by atoms with Gasteiger partial charge in [-0.3, -0.25) is 4.79 Å². The predicted molar refractivity (Wildman–Crippen MR) is 56.5 cm³/mol. The van der Waals surface area contributed by atoms with Crippen molar-refractivity contribution < 1.29 is 9.32 Å². The number of nitrogens with one attached hydrogen (secondary N) is 2. The average molecular weight is 224 g/mol. The Morgan fingerprint density at radius 1 is 1.69 bits per heavy atom. The average Bonchev–Trinajstić information content (AvgIpc) is 2.88. The summed E-state index contributed by atoms with van der Waals surface area (Å²) in [6.07, 6.45) is 1.94. The fraction of sp³-hybridized carbons (Fsp3) is 0.700. The minimum atomic E-state index is 0.0858. The summed E-state index contributed by atoms with van der Waals surface area (Å²) in [5.41, 5.74) is 0. The lowest BCUT2D eigenvalue weighted by Crippen LogP contribution is -2.35. The molecule has 1 amide bonds. The van der Waals surface area contributed by atoms with Crippen LogP contribution in [0, 0.1) is 11.8 Å². The molecule has 0 aliphatic carbocycles. The normalized spacial score (nSPS) is 24.6. The van der Waals surface area contributed by atoms with Gasteiger partial charge in [-0.05, 0) is 12.5 Å². The Hall–Kier alpha value is -1.43. The van der Waals surface area contributed by atoms with E-state index in [1.54, 1.807) is 0 Å². The molecule has 2 N–H and O–H groups in total. The number of rotatable bonds is 4. The van der Waals surface area contributed by atoms with Gasteiger partial charge in [-0.1, -0.05) is 12.1 Å². The monoisotopic (exact) mass is 224 g/mol. The standard InChI is InChI=1S/C10H16N4O2/c1-7-4-11-5-8(7)10(15)12-3-2-9-13-6-14-16-9/h6-8,11H,2-5H2,1H3,(H,12,15). The maximum Gasteiger partial charge on any atom is 0.228 e. The Balaban J connectivity index is 1.71. The third-order valence-corrected chi connectivity index (χ3v) is 2.90. The molecule has 0 bridgehead atoms. The van der Waals surface area contributed by atoms with Crippen molar-refractivity contribution in [3.63, 3.8) is 0 Å². The molecule has 2 atom stereocenters. The minimum absolute atomic E-state index is 0.0858. The number of aromatic nitrogens is 2. The Morgan fingerprint density at radius 2 is 2.56 bits per heavy atom. The number of hydrogen-bond donors (Lipinski definition) is 2. The van der Waals surface area contributed by atoms with Gasteiger partial charge in [0, 0.05) is 19.5 Å². The lowest BCUT2D eigenvalue weighted by Gasteiger charge is -2.13. The van der Waals surface area contributed by atoms with Crippen molar-refractivity contribution in [1.29, 1.82) is 0 Å². The molecule has 0 saturated carbocycles. The molecule has 1 aliphatic heterocycles. The first kappa shape index (κ1) is 11.1. The highest BCUT2D eigenvalue weighted by atomic mass is 16.5. The zero-order chi connectivity index (χ0) is 11.4. The number of carbonyl (C=O) groups is 1. The Bertz CT molecular complexity index is 339. The lowest BCUT2D eigenvalue weighted by molar-refractivity contribution is -0.125. The summed E-state index contributed by atoms with van der Waals surface area (Å²) in [6.45, 7) is 4.32. The quantitative estimate of drug-likeness (QED) is 0.726. The van der Waals surface area contributed by atoms with Gasteiger partial charge in [0.15, 0.2) is 6.33 Å². The van der Waals surface area contributed by atoms with Crippen LogP contribution in [0.5, 0.6) is 0 Å². The van der Waals surface area contributed by atoms with E-state index in [1.807, 2.05) is 0 Å². The van der Waals surface area contributed by atoms with Crippen LogP contribution in [0.3, 0.4) is 0 Å². The maximum absolute atomic E-state index is 11.8. The summed E-state index contributed by atoms with van der Waals surface area (Å²) < 4.78 is 4.84. The smallest absolute Gasteiger partial charge is 0.228 e. The molecule has 88 valence electrons. The second-order valence-electron chi connectivity index (χ2n) is 4.12. The van der Waals surface area contributed by atoms with E-state index in [1.165, 1.54) is 6.33 Å². The zero-order valence-electron chi connectivity index (χ0n) is 9.27.